The Morgan fingerprint density at radius 2 is 1.86 bits per heavy atom. The Bertz CT molecular complexity index is 302. The Hall–Kier alpha value is -0.980. The first-order valence-corrected chi connectivity index (χ1v) is 5.31. The lowest BCUT2D eigenvalue weighted by Gasteiger charge is -2.49. The van der Waals surface area contributed by atoms with Gasteiger partial charge in [-0.2, -0.15) is 0 Å². The predicted molar refractivity (Wildman–Crippen MR) is 58.4 cm³/mol. The van der Waals surface area contributed by atoms with Crippen LogP contribution in [0.1, 0.15) is 27.2 Å². The molecule has 0 aliphatic heterocycles. The highest BCUT2D eigenvalue weighted by Gasteiger charge is 2.46. The van der Waals surface area contributed by atoms with Crippen LogP contribution in [0.15, 0.2) is 30.3 Å². The van der Waals surface area contributed by atoms with Gasteiger partial charge in [0.2, 0.25) is 0 Å². The van der Waals surface area contributed by atoms with Crippen molar-refractivity contribution in [2.24, 2.45) is 11.3 Å². The third-order valence-corrected chi connectivity index (χ3v) is 3.14. The largest absolute Gasteiger partial charge is 0.490 e. The van der Waals surface area contributed by atoms with Crippen molar-refractivity contribution in [3.8, 4) is 5.75 Å². The maximum atomic E-state index is 5.98. The van der Waals surface area contributed by atoms with Crippen molar-refractivity contribution in [2.75, 3.05) is 0 Å². The molecule has 0 amide bonds. The third kappa shape index (κ3) is 1.63. The summed E-state index contributed by atoms with van der Waals surface area (Å²) in [5.41, 5.74) is 0.343. The quantitative estimate of drug-likeness (QED) is 0.693. The van der Waals surface area contributed by atoms with E-state index in [2.05, 4.69) is 20.8 Å². The topological polar surface area (TPSA) is 9.23 Å². The van der Waals surface area contributed by atoms with Gasteiger partial charge >= 0.3 is 0 Å². The summed E-state index contributed by atoms with van der Waals surface area (Å²) in [6.07, 6.45) is 1.65. The zero-order chi connectivity index (χ0) is 10.2. The second kappa shape index (κ2) is 3.30. The van der Waals surface area contributed by atoms with Gasteiger partial charge in [-0.05, 0) is 24.5 Å². The first-order chi connectivity index (χ1) is 6.59. The summed E-state index contributed by atoms with van der Waals surface area (Å²) in [6.45, 7) is 6.82. The summed E-state index contributed by atoms with van der Waals surface area (Å²) in [6, 6.07) is 10.1. The summed E-state index contributed by atoms with van der Waals surface area (Å²) in [7, 11) is 0. The average Bonchev–Trinajstić information content (AvgIpc) is 2.15. The molecule has 1 fully saturated rings. The van der Waals surface area contributed by atoms with E-state index < -0.39 is 0 Å². The normalized spacial score (nSPS) is 29.4. The van der Waals surface area contributed by atoms with Crippen molar-refractivity contribution >= 4 is 0 Å². The molecule has 0 radical (unpaired) electrons. The molecular weight excluding hydrogens is 172 g/mol. The first-order valence-electron chi connectivity index (χ1n) is 5.31. The Morgan fingerprint density at radius 1 is 1.21 bits per heavy atom. The van der Waals surface area contributed by atoms with Crippen LogP contribution < -0.4 is 4.74 Å². The second-order valence-electron chi connectivity index (χ2n) is 5.02. The van der Waals surface area contributed by atoms with E-state index in [-0.39, 0.29) is 0 Å². The van der Waals surface area contributed by atoms with E-state index in [9.17, 15) is 0 Å². The van der Waals surface area contributed by atoms with Gasteiger partial charge < -0.3 is 4.74 Å². The van der Waals surface area contributed by atoms with E-state index in [1.54, 1.807) is 0 Å². The van der Waals surface area contributed by atoms with Crippen molar-refractivity contribution in [1.82, 2.24) is 0 Å². The van der Waals surface area contributed by atoms with E-state index in [1.165, 1.54) is 6.42 Å². The number of rotatable bonds is 2. The van der Waals surface area contributed by atoms with Crippen LogP contribution in [0.25, 0.3) is 0 Å². The van der Waals surface area contributed by atoms with Gasteiger partial charge in [-0.3, -0.25) is 0 Å². The number of benzene rings is 1. The fraction of sp³-hybridized carbons (Fsp3) is 0.538. The van der Waals surface area contributed by atoms with Gasteiger partial charge in [-0.15, -0.1) is 0 Å². The molecule has 0 spiro atoms. The first kappa shape index (κ1) is 9.57. The molecule has 1 aromatic rings. The van der Waals surface area contributed by atoms with Crippen molar-refractivity contribution in [1.29, 1.82) is 0 Å². The molecule has 0 aromatic heterocycles. The lowest BCUT2D eigenvalue weighted by Crippen LogP contribution is -2.51. The summed E-state index contributed by atoms with van der Waals surface area (Å²) in [5, 5.41) is 0. The van der Waals surface area contributed by atoms with Gasteiger partial charge in [0, 0.05) is 5.41 Å². The van der Waals surface area contributed by atoms with Crippen LogP contribution in [0.5, 0.6) is 5.75 Å². The summed E-state index contributed by atoms with van der Waals surface area (Å²) in [5.74, 6) is 1.68. The number of para-hydroxylation sites is 1. The van der Waals surface area contributed by atoms with Gasteiger partial charge in [-0.1, -0.05) is 39.0 Å². The number of hydrogen-bond donors (Lipinski definition) is 0. The molecule has 1 aromatic carbocycles. The molecule has 0 saturated heterocycles. The Labute approximate surface area is 86.1 Å². The molecule has 1 saturated carbocycles. The van der Waals surface area contributed by atoms with Crippen LogP contribution in [0.2, 0.25) is 0 Å². The smallest absolute Gasteiger partial charge is 0.119 e. The van der Waals surface area contributed by atoms with Gasteiger partial charge in [0.05, 0.1) is 0 Å². The third-order valence-electron chi connectivity index (χ3n) is 3.14. The monoisotopic (exact) mass is 190 g/mol. The van der Waals surface area contributed by atoms with Crippen molar-refractivity contribution in [2.45, 2.75) is 33.3 Å². The molecule has 76 valence electrons. The van der Waals surface area contributed by atoms with E-state index in [4.69, 9.17) is 4.74 Å². The average molecular weight is 190 g/mol. The standard InChI is InChI=1S/C13H18O/c1-10-9-13(2,3)12(10)14-11-7-5-4-6-8-11/h4-8,10,12H,9H2,1-3H3/t10-,12-/m1/s1. The van der Waals surface area contributed by atoms with Gasteiger partial charge in [0.15, 0.2) is 0 Å². The van der Waals surface area contributed by atoms with E-state index in [0.29, 0.717) is 17.4 Å². The Balaban J connectivity index is 2.05. The lowest BCUT2D eigenvalue weighted by atomic mass is 9.62. The highest BCUT2D eigenvalue weighted by molar-refractivity contribution is 5.22. The highest BCUT2D eigenvalue weighted by Crippen LogP contribution is 2.46. The molecule has 1 nitrogen and oxygen atoms in total. The molecule has 2 rings (SSSR count). The molecule has 1 aliphatic carbocycles. The predicted octanol–water partition coefficient (Wildman–Crippen LogP) is 3.50. The second-order valence-corrected chi connectivity index (χ2v) is 5.02. The van der Waals surface area contributed by atoms with E-state index >= 15 is 0 Å². The lowest BCUT2D eigenvalue weighted by molar-refractivity contribution is -0.0717. The van der Waals surface area contributed by atoms with Gasteiger partial charge in [-0.25, -0.2) is 0 Å². The minimum Gasteiger partial charge on any atom is -0.490 e. The molecule has 0 bridgehead atoms. The summed E-state index contributed by atoms with van der Waals surface area (Å²) in [4.78, 5) is 0. The van der Waals surface area contributed by atoms with Crippen LogP contribution >= 0.6 is 0 Å². The minimum absolute atomic E-state index is 0.343. The highest BCUT2D eigenvalue weighted by atomic mass is 16.5. The molecular formula is C13H18O. The van der Waals surface area contributed by atoms with Gasteiger partial charge in [0.1, 0.15) is 11.9 Å². The van der Waals surface area contributed by atoms with Crippen LogP contribution in [0, 0.1) is 11.3 Å². The molecule has 1 heteroatoms. The molecule has 1 aliphatic rings. The zero-order valence-electron chi connectivity index (χ0n) is 9.16. The van der Waals surface area contributed by atoms with E-state index in [1.807, 2.05) is 30.3 Å². The van der Waals surface area contributed by atoms with Crippen molar-refractivity contribution < 1.29 is 4.74 Å². The van der Waals surface area contributed by atoms with Crippen molar-refractivity contribution in [3.05, 3.63) is 30.3 Å². The molecule has 2 atom stereocenters. The fourth-order valence-electron chi connectivity index (χ4n) is 2.58. The summed E-state index contributed by atoms with van der Waals surface area (Å²) < 4.78 is 5.98. The van der Waals surface area contributed by atoms with Crippen LogP contribution in [0.4, 0.5) is 0 Å². The van der Waals surface area contributed by atoms with Crippen molar-refractivity contribution in [3.63, 3.8) is 0 Å². The van der Waals surface area contributed by atoms with Crippen LogP contribution in [-0.2, 0) is 0 Å². The maximum Gasteiger partial charge on any atom is 0.119 e. The van der Waals surface area contributed by atoms with Crippen LogP contribution in [0.3, 0.4) is 0 Å². The number of hydrogen-bond acceptors (Lipinski definition) is 1. The molecule has 14 heavy (non-hydrogen) atoms. The zero-order valence-corrected chi connectivity index (χ0v) is 9.16. The summed E-state index contributed by atoms with van der Waals surface area (Å²) >= 11 is 0. The number of ether oxygens (including phenoxy) is 1. The molecule has 0 heterocycles. The maximum absolute atomic E-state index is 5.98. The van der Waals surface area contributed by atoms with Gasteiger partial charge in [0.25, 0.3) is 0 Å². The minimum atomic E-state index is 0.343. The Kier molecular flexibility index (Phi) is 2.26. The fourth-order valence-corrected chi connectivity index (χ4v) is 2.58. The molecule has 0 unspecified atom stereocenters. The van der Waals surface area contributed by atoms with Crippen LogP contribution in [-0.4, -0.2) is 6.10 Å². The SMILES string of the molecule is C[C@@H]1CC(C)(C)[C@@H]1Oc1ccccc1. The Morgan fingerprint density at radius 3 is 2.36 bits per heavy atom. The molecule has 0 N–H and O–H groups in total. The van der Waals surface area contributed by atoms with E-state index in [0.717, 1.165) is 5.75 Å².